The van der Waals surface area contributed by atoms with Crippen LogP contribution in [0.3, 0.4) is 0 Å². The molecule has 2 heterocycles. The Morgan fingerprint density at radius 3 is 2.44 bits per heavy atom. The molecular formula is C26H29N3O3. The number of carboxylic acid groups (broad SMARTS) is 1. The number of benzene rings is 2. The van der Waals surface area contributed by atoms with E-state index in [4.69, 9.17) is 4.99 Å². The molecule has 0 unspecified atom stereocenters. The summed E-state index contributed by atoms with van der Waals surface area (Å²) in [5.41, 5.74) is 4.66. The maximum absolute atomic E-state index is 11.5. The number of hydrogen-bond acceptors (Lipinski definition) is 4. The number of likely N-dealkylation sites (tertiary alicyclic amines) is 1. The molecule has 6 heteroatoms. The van der Waals surface area contributed by atoms with Gasteiger partial charge in [-0.05, 0) is 74.7 Å². The highest BCUT2D eigenvalue weighted by Crippen LogP contribution is 2.41. The van der Waals surface area contributed by atoms with E-state index in [1.807, 2.05) is 12.1 Å². The first-order valence-electron chi connectivity index (χ1n) is 11.5. The van der Waals surface area contributed by atoms with E-state index in [9.17, 15) is 15.0 Å². The molecular weight excluding hydrogens is 402 g/mol. The SMILES string of the molecule is Cn1c(O)c(C(=Nc2ccc(CN3CCCCC3)cc2)C2CC2)c2cc(C(=O)O)ccc21. The van der Waals surface area contributed by atoms with Crippen molar-refractivity contribution in [2.45, 2.75) is 38.6 Å². The molecule has 1 aliphatic heterocycles. The second-order valence-electron chi connectivity index (χ2n) is 9.07. The van der Waals surface area contributed by atoms with E-state index in [1.165, 1.54) is 37.9 Å². The van der Waals surface area contributed by atoms with E-state index < -0.39 is 5.97 Å². The lowest BCUT2D eigenvalue weighted by Crippen LogP contribution is -2.28. The van der Waals surface area contributed by atoms with Crippen molar-refractivity contribution in [1.29, 1.82) is 0 Å². The molecule has 0 bridgehead atoms. The van der Waals surface area contributed by atoms with Crippen molar-refractivity contribution >= 4 is 28.3 Å². The highest BCUT2D eigenvalue weighted by atomic mass is 16.4. The lowest BCUT2D eigenvalue weighted by molar-refractivity contribution is 0.0697. The van der Waals surface area contributed by atoms with Crippen LogP contribution in [0, 0.1) is 5.92 Å². The van der Waals surface area contributed by atoms with Gasteiger partial charge in [-0.3, -0.25) is 9.89 Å². The molecule has 1 aromatic heterocycles. The highest BCUT2D eigenvalue weighted by molar-refractivity contribution is 6.16. The van der Waals surface area contributed by atoms with Gasteiger partial charge in [-0.2, -0.15) is 0 Å². The minimum Gasteiger partial charge on any atom is -0.494 e. The van der Waals surface area contributed by atoms with Gasteiger partial charge < -0.3 is 14.8 Å². The van der Waals surface area contributed by atoms with Gasteiger partial charge in [0.05, 0.1) is 28.0 Å². The second-order valence-corrected chi connectivity index (χ2v) is 9.07. The third-order valence-corrected chi connectivity index (χ3v) is 6.68. The largest absolute Gasteiger partial charge is 0.494 e. The third kappa shape index (κ3) is 4.02. The second kappa shape index (κ2) is 8.43. The number of carbonyl (C=O) groups is 1. The Hall–Kier alpha value is -3.12. The number of piperidine rings is 1. The summed E-state index contributed by atoms with van der Waals surface area (Å²) in [6, 6.07) is 13.4. The van der Waals surface area contributed by atoms with Crippen molar-refractivity contribution in [3.8, 4) is 5.88 Å². The Morgan fingerprint density at radius 2 is 1.78 bits per heavy atom. The maximum Gasteiger partial charge on any atom is 0.335 e. The first-order valence-corrected chi connectivity index (χ1v) is 11.5. The third-order valence-electron chi connectivity index (χ3n) is 6.68. The van der Waals surface area contributed by atoms with E-state index in [0.717, 1.165) is 41.7 Å². The van der Waals surface area contributed by atoms with Crippen molar-refractivity contribution in [2.24, 2.45) is 18.0 Å². The monoisotopic (exact) mass is 431 g/mol. The molecule has 0 amide bonds. The summed E-state index contributed by atoms with van der Waals surface area (Å²) in [4.78, 5) is 19.0. The maximum atomic E-state index is 11.5. The number of carboxylic acids is 1. The summed E-state index contributed by atoms with van der Waals surface area (Å²) < 4.78 is 1.70. The molecule has 0 atom stereocenters. The minimum absolute atomic E-state index is 0.134. The van der Waals surface area contributed by atoms with Crippen LogP contribution >= 0.6 is 0 Å². The fourth-order valence-electron chi connectivity index (χ4n) is 4.72. The highest BCUT2D eigenvalue weighted by Gasteiger charge is 2.33. The van der Waals surface area contributed by atoms with Crippen LogP contribution in [0.25, 0.3) is 10.9 Å². The Labute approximate surface area is 187 Å². The number of rotatable bonds is 6. The summed E-state index contributed by atoms with van der Waals surface area (Å²) in [5.74, 6) is -0.557. The first-order chi connectivity index (χ1) is 15.5. The lowest BCUT2D eigenvalue weighted by atomic mass is 10.0. The van der Waals surface area contributed by atoms with Crippen molar-refractivity contribution in [2.75, 3.05) is 13.1 Å². The predicted octanol–water partition coefficient (Wildman–Crippen LogP) is 5.10. The van der Waals surface area contributed by atoms with E-state index in [2.05, 4.69) is 17.0 Å². The zero-order valence-corrected chi connectivity index (χ0v) is 18.4. The number of aromatic carboxylic acids is 1. The summed E-state index contributed by atoms with van der Waals surface area (Å²) in [6.07, 6.45) is 5.96. The van der Waals surface area contributed by atoms with Crippen molar-refractivity contribution < 1.29 is 15.0 Å². The van der Waals surface area contributed by atoms with Gasteiger partial charge in [-0.1, -0.05) is 18.6 Å². The van der Waals surface area contributed by atoms with Crippen LogP contribution in [0.5, 0.6) is 5.88 Å². The molecule has 2 aromatic carbocycles. The van der Waals surface area contributed by atoms with Gasteiger partial charge in [-0.25, -0.2) is 4.79 Å². The Morgan fingerprint density at radius 1 is 1.06 bits per heavy atom. The summed E-state index contributed by atoms with van der Waals surface area (Å²) in [7, 11) is 1.79. The van der Waals surface area contributed by atoms with Gasteiger partial charge in [-0.15, -0.1) is 0 Å². The molecule has 0 radical (unpaired) electrons. The van der Waals surface area contributed by atoms with Crippen molar-refractivity contribution in [1.82, 2.24) is 9.47 Å². The summed E-state index contributed by atoms with van der Waals surface area (Å²) in [6.45, 7) is 3.32. The number of nitrogens with zero attached hydrogens (tertiary/aromatic N) is 3. The molecule has 166 valence electrons. The molecule has 2 aliphatic rings. The van der Waals surface area contributed by atoms with Crippen molar-refractivity contribution in [3.63, 3.8) is 0 Å². The van der Waals surface area contributed by atoms with E-state index >= 15 is 0 Å². The zero-order chi connectivity index (χ0) is 22.2. The quantitative estimate of drug-likeness (QED) is 0.533. The molecule has 2 N–H and O–H groups in total. The van der Waals surface area contributed by atoms with Crippen LogP contribution in [-0.4, -0.2) is 44.5 Å². The van der Waals surface area contributed by atoms with Crippen LogP contribution in [0.15, 0.2) is 47.5 Å². The van der Waals surface area contributed by atoms with Crippen LogP contribution in [-0.2, 0) is 13.6 Å². The Balaban J connectivity index is 1.50. The first kappa shape index (κ1) is 20.8. The van der Waals surface area contributed by atoms with Gasteiger partial charge in [0.15, 0.2) is 0 Å². The fraction of sp³-hybridized carbons (Fsp3) is 0.385. The molecule has 32 heavy (non-hydrogen) atoms. The lowest BCUT2D eigenvalue weighted by Gasteiger charge is -2.26. The zero-order valence-electron chi connectivity index (χ0n) is 18.4. The summed E-state index contributed by atoms with van der Waals surface area (Å²) >= 11 is 0. The number of aromatic nitrogens is 1. The predicted molar refractivity (Wildman–Crippen MR) is 126 cm³/mol. The average molecular weight is 432 g/mol. The number of aryl methyl sites for hydroxylation is 1. The van der Waals surface area contributed by atoms with Crippen molar-refractivity contribution in [3.05, 3.63) is 59.2 Å². The topological polar surface area (TPSA) is 78.1 Å². The van der Waals surface area contributed by atoms with Crippen LogP contribution in [0.4, 0.5) is 5.69 Å². The molecule has 1 aliphatic carbocycles. The van der Waals surface area contributed by atoms with Crippen LogP contribution in [0.2, 0.25) is 0 Å². The van der Waals surface area contributed by atoms with Gasteiger partial charge in [0.25, 0.3) is 0 Å². The van der Waals surface area contributed by atoms with Gasteiger partial charge >= 0.3 is 5.97 Å². The molecule has 0 spiro atoms. The van der Waals surface area contributed by atoms with Gasteiger partial charge in [0, 0.05) is 24.9 Å². The molecule has 3 aromatic rings. The summed E-state index contributed by atoms with van der Waals surface area (Å²) in [5, 5.41) is 21.1. The normalized spacial score (nSPS) is 17.7. The standard InChI is InChI=1S/C26H29N3O3/c1-28-22-12-9-19(26(31)32)15-21(22)23(25(28)30)24(18-7-8-18)27-20-10-5-17(6-11-20)16-29-13-3-2-4-14-29/h5-6,9-12,15,18,30H,2-4,7-8,13-14,16H2,1H3,(H,31,32). The Bertz CT molecular complexity index is 1180. The molecule has 1 saturated heterocycles. The smallest absolute Gasteiger partial charge is 0.335 e. The minimum atomic E-state index is -0.976. The van der Waals surface area contributed by atoms with E-state index in [0.29, 0.717) is 5.56 Å². The van der Waals surface area contributed by atoms with Gasteiger partial charge in [0.1, 0.15) is 0 Å². The average Bonchev–Trinajstić information content (AvgIpc) is 3.61. The number of fused-ring (bicyclic) bond motifs is 1. The molecule has 6 nitrogen and oxygen atoms in total. The van der Waals surface area contributed by atoms with Crippen LogP contribution in [0.1, 0.15) is 53.6 Å². The molecule has 5 rings (SSSR count). The number of hydrogen-bond donors (Lipinski definition) is 2. The van der Waals surface area contributed by atoms with Gasteiger partial charge in [0.2, 0.25) is 5.88 Å². The van der Waals surface area contributed by atoms with E-state index in [1.54, 1.807) is 29.8 Å². The molecule has 1 saturated carbocycles. The Kier molecular flexibility index (Phi) is 5.47. The van der Waals surface area contributed by atoms with Crippen LogP contribution < -0.4 is 0 Å². The number of aliphatic imine (C=N–C) groups is 1. The fourth-order valence-corrected chi connectivity index (χ4v) is 4.72. The molecule has 2 fully saturated rings. The van der Waals surface area contributed by atoms with E-state index in [-0.39, 0.29) is 17.4 Å². The number of aromatic hydroxyl groups is 1.